The molecule has 6 heteroatoms. The molecule has 0 heterocycles. The molecule has 1 saturated carbocycles. The maximum atomic E-state index is 13.1. The van der Waals surface area contributed by atoms with Gasteiger partial charge in [0.05, 0.1) is 17.2 Å². The van der Waals surface area contributed by atoms with Crippen LogP contribution in [0.25, 0.3) is 0 Å². The average Bonchev–Trinajstić information content (AvgIpc) is 2.52. The Morgan fingerprint density at radius 1 is 1.04 bits per heavy atom. The lowest BCUT2D eigenvalue weighted by Gasteiger charge is -2.66. The van der Waals surface area contributed by atoms with Crippen molar-refractivity contribution in [2.45, 2.75) is 38.9 Å². The minimum Gasteiger partial charge on any atom is -0.380 e. The molecule has 0 aliphatic heterocycles. The number of Topliss-reactive ketones (excluding diaryl/α,β-unsaturated/α-hetero) is 2. The molecule has 0 aromatic heterocycles. The van der Waals surface area contributed by atoms with E-state index in [1.807, 2.05) is 13.0 Å². The molecule has 4 rings (SSSR count). The van der Waals surface area contributed by atoms with Gasteiger partial charge in [-0.25, -0.2) is 0 Å². The maximum absolute atomic E-state index is 13.1. The van der Waals surface area contributed by atoms with E-state index in [0.29, 0.717) is 5.57 Å². The van der Waals surface area contributed by atoms with Crippen LogP contribution in [0.2, 0.25) is 0 Å². The first-order valence-corrected chi connectivity index (χ1v) is 9.06. The molecule has 4 nitrogen and oxygen atoms in total. The third kappa shape index (κ3) is 1.68. The van der Waals surface area contributed by atoms with Crippen LogP contribution in [0.1, 0.15) is 27.7 Å². The van der Waals surface area contributed by atoms with Crippen molar-refractivity contribution in [3.8, 4) is 0 Å². The lowest BCUT2D eigenvalue weighted by molar-refractivity contribution is -0.202. The Balaban J connectivity index is 2.41. The first kappa shape index (κ1) is 18.1. The lowest BCUT2D eigenvalue weighted by Crippen LogP contribution is -2.76. The number of ketones is 2. The smallest absolute Gasteiger partial charge is 0.191 e. The molecule has 1 fully saturated rings. The van der Waals surface area contributed by atoms with Gasteiger partial charge in [0.25, 0.3) is 0 Å². The zero-order valence-corrected chi connectivity index (χ0v) is 15.7. The van der Waals surface area contributed by atoms with Gasteiger partial charge < -0.3 is 10.2 Å². The second kappa shape index (κ2) is 4.94. The molecule has 0 amide bonds. The third-order valence-electron chi connectivity index (χ3n) is 6.67. The first-order chi connectivity index (χ1) is 10.9. The summed E-state index contributed by atoms with van der Waals surface area (Å²) in [6, 6.07) is 0. The summed E-state index contributed by atoms with van der Waals surface area (Å²) in [6.07, 6.45) is 3.62. The molecular formula is C18H22Cl2O4. The largest absolute Gasteiger partial charge is 0.380 e. The van der Waals surface area contributed by atoms with E-state index in [9.17, 15) is 19.8 Å². The molecule has 0 radical (unpaired) electrons. The van der Waals surface area contributed by atoms with Crippen molar-refractivity contribution in [2.24, 2.45) is 22.7 Å². The van der Waals surface area contributed by atoms with Crippen LogP contribution in [-0.4, -0.2) is 44.7 Å². The van der Waals surface area contributed by atoms with E-state index in [1.54, 1.807) is 26.8 Å². The van der Waals surface area contributed by atoms with E-state index in [0.717, 1.165) is 5.57 Å². The number of hydrogen-bond acceptors (Lipinski definition) is 4. The summed E-state index contributed by atoms with van der Waals surface area (Å²) in [6.45, 7) is 7.03. The maximum Gasteiger partial charge on any atom is 0.191 e. The van der Waals surface area contributed by atoms with Gasteiger partial charge in [-0.2, -0.15) is 0 Å². The molecule has 4 aliphatic rings. The van der Waals surface area contributed by atoms with Gasteiger partial charge in [0.15, 0.2) is 11.6 Å². The van der Waals surface area contributed by atoms with E-state index >= 15 is 0 Å². The molecule has 2 bridgehead atoms. The first-order valence-electron chi connectivity index (χ1n) is 7.99. The number of alkyl halides is 2. The summed E-state index contributed by atoms with van der Waals surface area (Å²) in [4.78, 5) is 25.9. The van der Waals surface area contributed by atoms with Crippen molar-refractivity contribution in [3.63, 3.8) is 0 Å². The molecule has 4 aliphatic carbocycles. The Kier molecular flexibility index (Phi) is 3.73. The summed E-state index contributed by atoms with van der Waals surface area (Å²) in [7, 11) is 0. The number of allylic oxidation sites excluding steroid dienone is 2. The van der Waals surface area contributed by atoms with E-state index in [4.69, 9.17) is 23.2 Å². The van der Waals surface area contributed by atoms with Gasteiger partial charge in [0.2, 0.25) is 0 Å². The molecule has 0 aromatic rings. The van der Waals surface area contributed by atoms with Gasteiger partial charge in [-0.3, -0.25) is 9.59 Å². The van der Waals surface area contributed by atoms with Crippen LogP contribution in [0.3, 0.4) is 0 Å². The second-order valence-electron chi connectivity index (χ2n) is 7.93. The fourth-order valence-corrected chi connectivity index (χ4v) is 6.06. The van der Waals surface area contributed by atoms with Crippen LogP contribution in [-0.2, 0) is 9.59 Å². The number of carbonyl (C=O) groups excluding carboxylic acids is 2. The summed E-state index contributed by atoms with van der Waals surface area (Å²) in [5.41, 5.74) is -4.45. The highest BCUT2D eigenvalue weighted by Crippen LogP contribution is 2.68. The van der Waals surface area contributed by atoms with Crippen molar-refractivity contribution >= 4 is 34.8 Å². The zero-order chi connectivity index (χ0) is 18.3. The molecule has 1 unspecified atom stereocenters. The Morgan fingerprint density at radius 2 is 1.58 bits per heavy atom. The number of aliphatic hydroxyl groups is 2. The van der Waals surface area contributed by atoms with Gasteiger partial charge in [0, 0.05) is 17.3 Å². The van der Waals surface area contributed by atoms with Crippen LogP contribution < -0.4 is 0 Å². The Labute approximate surface area is 151 Å². The number of carbonyl (C=O) groups is 2. The minimum absolute atomic E-state index is 0.293. The second-order valence-corrected chi connectivity index (χ2v) is 8.46. The van der Waals surface area contributed by atoms with Gasteiger partial charge >= 0.3 is 0 Å². The Morgan fingerprint density at radius 3 is 2.08 bits per heavy atom. The van der Waals surface area contributed by atoms with Gasteiger partial charge in [0.1, 0.15) is 11.2 Å². The topological polar surface area (TPSA) is 74.6 Å². The van der Waals surface area contributed by atoms with E-state index in [2.05, 4.69) is 0 Å². The number of halogens is 2. The van der Waals surface area contributed by atoms with Crippen LogP contribution in [0.5, 0.6) is 0 Å². The Bertz CT molecular complexity index is 714. The summed E-state index contributed by atoms with van der Waals surface area (Å²) >= 11 is 12.1. The fourth-order valence-electron chi connectivity index (χ4n) is 5.48. The lowest BCUT2D eigenvalue weighted by atomic mass is 9.37. The molecule has 0 aromatic carbocycles. The molecule has 0 spiro atoms. The summed E-state index contributed by atoms with van der Waals surface area (Å²) in [5.74, 6) is -2.90. The van der Waals surface area contributed by atoms with Crippen molar-refractivity contribution in [3.05, 3.63) is 23.3 Å². The van der Waals surface area contributed by atoms with Gasteiger partial charge in [-0.1, -0.05) is 24.6 Å². The van der Waals surface area contributed by atoms with Crippen molar-refractivity contribution in [1.29, 1.82) is 0 Å². The minimum atomic E-state index is -1.85. The summed E-state index contributed by atoms with van der Waals surface area (Å²) in [5, 5.41) is 22.3. The summed E-state index contributed by atoms with van der Waals surface area (Å²) < 4.78 is 0. The van der Waals surface area contributed by atoms with Crippen molar-refractivity contribution < 1.29 is 19.8 Å². The predicted molar refractivity (Wildman–Crippen MR) is 92.1 cm³/mol. The van der Waals surface area contributed by atoms with Crippen LogP contribution in [0.4, 0.5) is 0 Å². The monoisotopic (exact) mass is 372 g/mol. The molecule has 0 saturated heterocycles. The zero-order valence-electron chi connectivity index (χ0n) is 14.2. The highest BCUT2D eigenvalue weighted by atomic mass is 35.5. The van der Waals surface area contributed by atoms with Crippen LogP contribution >= 0.6 is 23.2 Å². The number of hydrogen-bond donors (Lipinski definition) is 2. The fraction of sp³-hybridized carbons (Fsp3) is 0.667. The van der Waals surface area contributed by atoms with Crippen molar-refractivity contribution in [2.75, 3.05) is 11.8 Å². The quantitative estimate of drug-likeness (QED) is 0.575. The van der Waals surface area contributed by atoms with Gasteiger partial charge in [-0.15, -0.1) is 23.2 Å². The predicted octanol–water partition coefficient (Wildman–Crippen LogP) is 2.24. The standard InChI is InChI=1S/C18H22Cl2O4/c1-9-5-16(4)14(22)17(23,7-19)11(9)12-15(16,3)6-10(2)13(21)18(12,24)8-20/h5-6,11-12,23-24H,7-8H2,1-4H3/t11-,12-,15-,16+,17+,18?/m1/s1. The number of rotatable bonds is 2. The molecular weight excluding hydrogens is 351 g/mol. The molecule has 132 valence electrons. The van der Waals surface area contributed by atoms with E-state index < -0.39 is 39.7 Å². The average molecular weight is 373 g/mol. The molecule has 6 atom stereocenters. The number of fused-ring (bicyclic) bond motifs is 1. The third-order valence-corrected chi connectivity index (χ3v) is 7.49. The normalized spacial score (nSPS) is 50.5. The van der Waals surface area contributed by atoms with Crippen LogP contribution in [0.15, 0.2) is 23.3 Å². The van der Waals surface area contributed by atoms with Crippen molar-refractivity contribution in [1.82, 2.24) is 0 Å². The molecule has 24 heavy (non-hydrogen) atoms. The van der Waals surface area contributed by atoms with Crippen LogP contribution in [0, 0.1) is 22.7 Å². The Hall–Kier alpha value is -0.680. The highest BCUT2D eigenvalue weighted by Gasteiger charge is 2.75. The van der Waals surface area contributed by atoms with Gasteiger partial charge in [-0.05, 0) is 26.3 Å². The SMILES string of the molecule is CC1=C[C@]2(C)[C@@H]([C@H]3C(C)=C[C@@]2(C)C(=O)[C@]3(O)CCl)C(O)(CCl)C1=O. The van der Waals surface area contributed by atoms with E-state index in [-0.39, 0.29) is 17.5 Å². The molecule has 2 N–H and O–H groups in total. The van der Waals surface area contributed by atoms with E-state index in [1.165, 1.54) is 0 Å². The highest BCUT2D eigenvalue weighted by molar-refractivity contribution is 6.23.